The SMILES string of the molecule is CCC(CC)S(=O)(=O)c1ccc(N)cc1C. The number of aryl methyl sites for hydroxylation is 1. The summed E-state index contributed by atoms with van der Waals surface area (Å²) in [6.07, 6.45) is 1.28. The average Bonchev–Trinajstić information content (AvgIpc) is 2.18. The summed E-state index contributed by atoms with van der Waals surface area (Å²) >= 11 is 0. The van der Waals surface area contributed by atoms with Crippen LogP contribution in [-0.4, -0.2) is 13.7 Å². The first-order valence-electron chi connectivity index (χ1n) is 5.53. The fraction of sp³-hybridized carbons (Fsp3) is 0.500. The molecule has 0 saturated heterocycles. The summed E-state index contributed by atoms with van der Waals surface area (Å²) in [6, 6.07) is 4.95. The van der Waals surface area contributed by atoms with Crippen LogP contribution in [0.3, 0.4) is 0 Å². The van der Waals surface area contributed by atoms with Crippen LogP contribution >= 0.6 is 0 Å². The molecule has 0 radical (unpaired) electrons. The van der Waals surface area contributed by atoms with Crippen LogP contribution in [0.5, 0.6) is 0 Å². The Hall–Kier alpha value is -1.03. The van der Waals surface area contributed by atoms with Crippen LogP contribution in [0.15, 0.2) is 23.1 Å². The second-order valence-corrected chi connectivity index (χ2v) is 6.20. The molecule has 1 aromatic rings. The fourth-order valence-corrected chi connectivity index (χ4v) is 3.90. The molecular formula is C12H19NO2S. The van der Waals surface area contributed by atoms with Gasteiger partial charge in [-0.15, -0.1) is 0 Å². The van der Waals surface area contributed by atoms with Crippen LogP contribution in [-0.2, 0) is 9.84 Å². The predicted molar refractivity (Wildman–Crippen MR) is 67.1 cm³/mol. The van der Waals surface area contributed by atoms with Gasteiger partial charge in [0.1, 0.15) is 0 Å². The molecule has 0 amide bonds. The number of hydrogen-bond donors (Lipinski definition) is 1. The molecule has 0 atom stereocenters. The van der Waals surface area contributed by atoms with Gasteiger partial charge < -0.3 is 5.73 Å². The molecule has 0 spiro atoms. The van der Waals surface area contributed by atoms with Gasteiger partial charge in [0.25, 0.3) is 0 Å². The first-order chi connectivity index (χ1) is 7.43. The average molecular weight is 241 g/mol. The predicted octanol–water partition coefficient (Wildman–Crippen LogP) is 2.54. The normalized spacial score (nSPS) is 12.0. The molecule has 0 saturated carbocycles. The van der Waals surface area contributed by atoms with Gasteiger partial charge in [-0.05, 0) is 43.5 Å². The Bertz CT molecular complexity index is 462. The van der Waals surface area contributed by atoms with E-state index >= 15 is 0 Å². The number of benzene rings is 1. The Morgan fingerprint density at radius 2 is 1.81 bits per heavy atom. The van der Waals surface area contributed by atoms with Crippen molar-refractivity contribution in [1.29, 1.82) is 0 Å². The molecule has 3 nitrogen and oxygen atoms in total. The molecule has 0 heterocycles. The first-order valence-corrected chi connectivity index (χ1v) is 7.08. The van der Waals surface area contributed by atoms with Crippen molar-refractivity contribution in [3.05, 3.63) is 23.8 Å². The smallest absolute Gasteiger partial charge is 0.181 e. The van der Waals surface area contributed by atoms with E-state index in [-0.39, 0.29) is 5.25 Å². The second-order valence-electron chi connectivity index (χ2n) is 4.01. The van der Waals surface area contributed by atoms with Crippen LogP contribution in [0.2, 0.25) is 0 Å². The van der Waals surface area contributed by atoms with E-state index in [0.29, 0.717) is 23.4 Å². The summed E-state index contributed by atoms with van der Waals surface area (Å²) < 4.78 is 24.6. The van der Waals surface area contributed by atoms with Crippen molar-refractivity contribution in [3.63, 3.8) is 0 Å². The number of nitrogen functional groups attached to an aromatic ring is 1. The summed E-state index contributed by atoms with van der Waals surface area (Å²) in [6.45, 7) is 5.59. The molecule has 0 fully saturated rings. The number of nitrogens with two attached hydrogens (primary N) is 1. The maximum atomic E-state index is 12.3. The van der Waals surface area contributed by atoms with Crippen LogP contribution in [0.1, 0.15) is 32.3 Å². The minimum Gasteiger partial charge on any atom is -0.399 e. The number of sulfone groups is 1. The van der Waals surface area contributed by atoms with Crippen molar-refractivity contribution in [2.45, 2.75) is 43.8 Å². The van der Waals surface area contributed by atoms with Gasteiger partial charge in [0.15, 0.2) is 9.84 Å². The van der Waals surface area contributed by atoms with Crippen LogP contribution in [0, 0.1) is 6.92 Å². The summed E-state index contributed by atoms with van der Waals surface area (Å²) in [5.41, 5.74) is 6.94. The third-order valence-corrected chi connectivity index (χ3v) is 5.47. The van der Waals surface area contributed by atoms with Gasteiger partial charge in [-0.25, -0.2) is 8.42 Å². The number of rotatable bonds is 4. The Morgan fingerprint density at radius 3 is 2.25 bits per heavy atom. The van der Waals surface area contributed by atoms with E-state index in [0.717, 1.165) is 5.56 Å². The quantitative estimate of drug-likeness (QED) is 0.824. The zero-order chi connectivity index (χ0) is 12.3. The molecule has 1 aromatic carbocycles. The highest BCUT2D eigenvalue weighted by Crippen LogP contribution is 2.25. The van der Waals surface area contributed by atoms with Crippen molar-refractivity contribution in [2.75, 3.05) is 5.73 Å². The van der Waals surface area contributed by atoms with Gasteiger partial charge >= 0.3 is 0 Å². The summed E-state index contributed by atoms with van der Waals surface area (Å²) in [5, 5.41) is -0.296. The molecule has 90 valence electrons. The van der Waals surface area contributed by atoms with Gasteiger partial charge in [0, 0.05) is 5.69 Å². The highest BCUT2D eigenvalue weighted by atomic mass is 32.2. The van der Waals surface area contributed by atoms with Gasteiger partial charge in [0.2, 0.25) is 0 Å². The van der Waals surface area contributed by atoms with Crippen LogP contribution < -0.4 is 5.73 Å². The van der Waals surface area contributed by atoms with Gasteiger partial charge in [-0.3, -0.25) is 0 Å². The highest BCUT2D eigenvalue weighted by molar-refractivity contribution is 7.92. The topological polar surface area (TPSA) is 60.2 Å². The Morgan fingerprint density at radius 1 is 1.25 bits per heavy atom. The van der Waals surface area contributed by atoms with Crippen molar-refractivity contribution in [3.8, 4) is 0 Å². The lowest BCUT2D eigenvalue weighted by Gasteiger charge is -2.15. The van der Waals surface area contributed by atoms with Crippen LogP contribution in [0.4, 0.5) is 5.69 Å². The standard InChI is InChI=1S/C12H19NO2S/c1-4-11(5-2)16(14,15)12-7-6-10(13)8-9(12)3/h6-8,11H,4-5,13H2,1-3H3. The molecule has 0 unspecified atom stereocenters. The lowest BCUT2D eigenvalue weighted by molar-refractivity contribution is 0.571. The Balaban J connectivity index is 3.27. The minimum atomic E-state index is -3.20. The first kappa shape index (κ1) is 13.0. The van der Waals surface area contributed by atoms with E-state index in [9.17, 15) is 8.42 Å². The highest BCUT2D eigenvalue weighted by Gasteiger charge is 2.25. The molecular weight excluding hydrogens is 222 g/mol. The van der Waals surface area contributed by atoms with Crippen molar-refractivity contribution >= 4 is 15.5 Å². The molecule has 0 aliphatic carbocycles. The maximum absolute atomic E-state index is 12.3. The van der Waals surface area contributed by atoms with Gasteiger partial charge in [-0.1, -0.05) is 13.8 Å². The molecule has 1 rings (SSSR count). The fourth-order valence-electron chi connectivity index (χ4n) is 1.90. The van der Waals surface area contributed by atoms with E-state index in [1.165, 1.54) is 0 Å². The minimum absolute atomic E-state index is 0.296. The summed E-state index contributed by atoms with van der Waals surface area (Å²) in [7, 11) is -3.20. The number of anilines is 1. The number of hydrogen-bond acceptors (Lipinski definition) is 3. The van der Waals surface area contributed by atoms with Crippen molar-refractivity contribution in [1.82, 2.24) is 0 Å². The van der Waals surface area contributed by atoms with Crippen LogP contribution in [0.25, 0.3) is 0 Å². The third kappa shape index (κ3) is 2.38. The van der Waals surface area contributed by atoms with E-state index in [1.54, 1.807) is 25.1 Å². The van der Waals surface area contributed by atoms with Crippen molar-refractivity contribution < 1.29 is 8.42 Å². The van der Waals surface area contributed by atoms with Gasteiger partial charge in [0.05, 0.1) is 10.1 Å². The lowest BCUT2D eigenvalue weighted by Crippen LogP contribution is -2.20. The van der Waals surface area contributed by atoms with Gasteiger partial charge in [-0.2, -0.15) is 0 Å². The Labute approximate surface area is 97.6 Å². The molecule has 0 aliphatic heterocycles. The van der Waals surface area contributed by atoms with E-state index in [1.807, 2.05) is 13.8 Å². The Kier molecular flexibility index (Phi) is 3.97. The molecule has 0 bridgehead atoms. The molecule has 2 N–H and O–H groups in total. The van der Waals surface area contributed by atoms with Crippen molar-refractivity contribution in [2.24, 2.45) is 0 Å². The van der Waals surface area contributed by atoms with E-state index < -0.39 is 9.84 Å². The zero-order valence-corrected chi connectivity index (χ0v) is 10.8. The molecule has 0 aliphatic rings. The largest absolute Gasteiger partial charge is 0.399 e. The monoisotopic (exact) mass is 241 g/mol. The van der Waals surface area contributed by atoms with E-state index in [4.69, 9.17) is 5.73 Å². The summed E-state index contributed by atoms with van der Waals surface area (Å²) in [4.78, 5) is 0.412. The maximum Gasteiger partial charge on any atom is 0.181 e. The third-order valence-electron chi connectivity index (χ3n) is 2.86. The molecule has 0 aromatic heterocycles. The van der Waals surface area contributed by atoms with E-state index in [2.05, 4.69) is 0 Å². The second kappa shape index (κ2) is 4.87. The summed E-state index contributed by atoms with van der Waals surface area (Å²) in [5.74, 6) is 0. The lowest BCUT2D eigenvalue weighted by atomic mass is 10.2. The zero-order valence-electron chi connectivity index (χ0n) is 10.0. The molecule has 16 heavy (non-hydrogen) atoms. The molecule has 4 heteroatoms.